The van der Waals surface area contributed by atoms with Crippen LogP contribution in [-0.4, -0.2) is 0 Å². The van der Waals surface area contributed by atoms with Crippen molar-refractivity contribution in [3.63, 3.8) is 0 Å². The summed E-state index contributed by atoms with van der Waals surface area (Å²) < 4.78 is 6.39. The van der Waals surface area contributed by atoms with E-state index in [4.69, 9.17) is 4.42 Å². The van der Waals surface area contributed by atoms with E-state index < -0.39 is 0 Å². The zero-order valence-electron chi connectivity index (χ0n) is 16.8. The number of furan rings is 1. The predicted octanol–water partition coefficient (Wildman–Crippen LogP) is 8.21. The molecule has 142 valence electrons. The van der Waals surface area contributed by atoms with Gasteiger partial charge in [-0.15, -0.1) is 0 Å². The van der Waals surface area contributed by atoms with Gasteiger partial charge in [0.25, 0.3) is 0 Å². The van der Waals surface area contributed by atoms with Gasteiger partial charge in [-0.1, -0.05) is 52.4 Å². The summed E-state index contributed by atoms with van der Waals surface area (Å²) in [7, 11) is 0. The first-order valence-electron chi connectivity index (χ1n) is 11.4. The van der Waals surface area contributed by atoms with Crippen LogP contribution in [0.4, 0.5) is 0 Å². The molecule has 25 heavy (non-hydrogen) atoms. The highest BCUT2D eigenvalue weighted by Gasteiger charge is 2.27. The Balaban J connectivity index is 1.45. The second kappa shape index (κ2) is 9.83. The van der Waals surface area contributed by atoms with Gasteiger partial charge in [0.05, 0.1) is 0 Å². The molecule has 0 aromatic carbocycles. The van der Waals surface area contributed by atoms with Crippen LogP contribution in [0.1, 0.15) is 127 Å². The van der Waals surface area contributed by atoms with Crippen LogP contribution in [0.3, 0.4) is 0 Å². The van der Waals surface area contributed by atoms with Crippen LogP contribution < -0.4 is 0 Å². The third-order valence-corrected chi connectivity index (χ3v) is 7.06. The summed E-state index contributed by atoms with van der Waals surface area (Å²) in [5.74, 6) is 5.98. The lowest BCUT2D eigenvalue weighted by Crippen LogP contribution is -2.13. The van der Waals surface area contributed by atoms with Crippen LogP contribution in [0.2, 0.25) is 0 Å². The van der Waals surface area contributed by atoms with E-state index >= 15 is 0 Å². The summed E-state index contributed by atoms with van der Waals surface area (Å²) in [4.78, 5) is 0. The number of rotatable bonds is 8. The quantitative estimate of drug-likeness (QED) is 0.433. The molecule has 0 saturated heterocycles. The van der Waals surface area contributed by atoms with Crippen molar-refractivity contribution in [2.24, 2.45) is 11.8 Å². The predicted molar refractivity (Wildman–Crippen MR) is 107 cm³/mol. The monoisotopic (exact) mass is 344 g/mol. The fraction of sp³-hybridized carbons (Fsp3) is 0.833. The second-order valence-corrected chi connectivity index (χ2v) is 8.96. The van der Waals surface area contributed by atoms with Gasteiger partial charge in [-0.2, -0.15) is 0 Å². The molecule has 3 rings (SSSR count). The van der Waals surface area contributed by atoms with Gasteiger partial charge >= 0.3 is 0 Å². The maximum atomic E-state index is 6.39. The van der Waals surface area contributed by atoms with Gasteiger partial charge in [0.15, 0.2) is 0 Å². The van der Waals surface area contributed by atoms with Crippen molar-refractivity contribution in [1.82, 2.24) is 0 Å². The SMILES string of the molecule is CCCCCC1CCC(c2ccc(C3CCC(CCC)CC3)o2)CC1. The lowest BCUT2D eigenvalue weighted by atomic mass is 9.79. The summed E-state index contributed by atoms with van der Waals surface area (Å²) in [5, 5.41) is 0. The molecule has 2 aliphatic rings. The van der Waals surface area contributed by atoms with Gasteiger partial charge in [-0.3, -0.25) is 0 Å². The smallest absolute Gasteiger partial charge is 0.107 e. The van der Waals surface area contributed by atoms with Crippen molar-refractivity contribution in [2.45, 2.75) is 116 Å². The first-order chi connectivity index (χ1) is 12.3. The van der Waals surface area contributed by atoms with E-state index in [-0.39, 0.29) is 0 Å². The normalized spacial score (nSPS) is 30.5. The molecular formula is C24H40O. The molecule has 2 saturated carbocycles. The van der Waals surface area contributed by atoms with E-state index in [0.29, 0.717) is 11.8 Å². The van der Waals surface area contributed by atoms with Crippen LogP contribution in [-0.2, 0) is 0 Å². The van der Waals surface area contributed by atoms with Crippen molar-refractivity contribution >= 4 is 0 Å². The van der Waals surface area contributed by atoms with Crippen molar-refractivity contribution in [2.75, 3.05) is 0 Å². The molecule has 1 aromatic heterocycles. The molecule has 0 N–H and O–H groups in total. The topological polar surface area (TPSA) is 13.1 Å². The molecule has 0 spiro atoms. The van der Waals surface area contributed by atoms with Crippen molar-refractivity contribution in [1.29, 1.82) is 0 Å². The maximum Gasteiger partial charge on any atom is 0.107 e. The fourth-order valence-electron chi connectivity index (χ4n) is 5.37. The van der Waals surface area contributed by atoms with Gasteiger partial charge in [0, 0.05) is 11.8 Å². The van der Waals surface area contributed by atoms with Gasteiger partial charge in [-0.05, 0) is 75.3 Å². The van der Waals surface area contributed by atoms with Crippen LogP contribution in [0, 0.1) is 11.8 Å². The lowest BCUT2D eigenvalue weighted by molar-refractivity contribution is 0.259. The maximum absolute atomic E-state index is 6.39. The third kappa shape index (κ3) is 5.38. The van der Waals surface area contributed by atoms with E-state index in [1.807, 2.05) is 0 Å². The molecule has 2 aliphatic carbocycles. The highest BCUT2D eigenvalue weighted by molar-refractivity contribution is 5.15. The Kier molecular flexibility index (Phi) is 7.49. The minimum Gasteiger partial charge on any atom is -0.466 e. The molecule has 0 unspecified atom stereocenters. The van der Waals surface area contributed by atoms with Crippen molar-refractivity contribution in [3.8, 4) is 0 Å². The Labute approximate surface area is 156 Å². The highest BCUT2D eigenvalue weighted by Crippen LogP contribution is 2.42. The molecule has 1 heteroatoms. The van der Waals surface area contributed by atoms with Crippen LogP contribution in [0.5, 0.6) is 0 Å². The Morgan fingerprint density at radius 3 is 1.68 bits per heavy atom. The van der Waals surface area contributed by atoms with E-state index in [1.165, 1.54) is 101 Å². The molecule has 1 aromatic rings. The first-order valence-corrected chi connectivity index (χ1v) is 11.4. The third-order valence-electron chi connectivity index (χ3n) is 7.06. The molecule has 1 heterocycles. The summed E-state index contributed by atoms with van der Waals surface area (Å²) in [5.41, 5.74) is 0. The summed E-state index contributed by atoms with van der Waals surface area (Å²) in [6, 6.07) is 4.63. The van der Waals surface area contributed by atoms with Crippen molar-refractivity contribution < 1.29 is 4.42 Å². The molecule has 0 bridgehead atoms. The number of hydrogen-bond donors (Lipinski definition) is 0. The molecule has 0 amide bonds. The average molecular weight is 345 g/mol. The van der Waals surface area contributed by atoms with E-state index in [2.05, 4.69) is 26.0 Å². The molecule has 0 atom stereocenters. The van der Waals surface area contributed by atoms with Crippen LogP contribution in [0.25, 0.3) is 0 Å². The van der Waals surface area contributed by atoms with E-state index in [1.54, 1.807) is 0 Å². The highest BCUT2D eigenvalue weighted by atomic mass is 16.3. The molecular weight excluding hydrogens is 304 g/mol. The lowest BCUT2D eigenvalue weighted by Gasteiger charge is -2.28. The second-order valence-electron chi connectivity index (χ2n) is 8.96. The Hall–Kier alpha value is -0.720. The summed E-state index contributed by atoms with van der Waals surface area (Å²) >= 11 is 0. The molecule has 0 radical (unpaired) electrons. The zero-order valence-corrected chi connectivity index (χ0v) is 16.8. The van der Waals surface area contributed by atoms with Crippen LogP contribution >= 0.6 is 0 Å². The summed E-state index contributed by atoms with van der Waals surface area (Å²) in [6.45, 7) is 4.63. The first kappa shape index (κ1) is 19.1. The van der Waals surface area contributed by atoms with Gasteiger partial charge in [0.2, 0.25) is 0 Å². The van der Waals surface area contributed by atoms with Gasteiger partial charge in [-0.25, -0.2) is 0 Å². The molecule has 2 fully saturated rings. The van der Waals surface area contributed by atoms with E-state index in [0.717, 1.165) is 11.8 Å². The molecule has 1 nitrogen and oxygen atoms in total. The Morgan fingerprint density at radius 2 is 1.20 bits per heavy atom. The Morgan fingerprint density at radius 1 is 0.680 bits per heavy atom. The van der Waals surface area contributed by atoms with Gasteiger partial charge < -0.3 is 4.42 Å². The number of unbranched alkanes of at least 4 members (excludes halogenated alkanes) is 2. The van der Waals surface area contributed by atoms with E-state index in [9.17, 15) is 0 Å². The zero-order chi connectivity index (χ0) is 17.5. The van der Waals surface area contributed by atoms with Crippen molar-refractivity contribution in [3.05, 3.63) is 23.7 Å². The largest absolute Gasteiger partial charge is 0.466 e. The minimum atomic E-state index is 0.701. The number of hydrogen-bond acceptors (Lipinski definition) is 1. The van der Waals surface area contributed by atoms with Crippen LogP contribution in [0.15, 0.2) is 16.5 Å². The Bertz CT molecular complexity index is 472. The fourth-order valence-corrected chi connectivity index (χ4v) is 5.37. The average Bonchev–Trinajstić information content (AvgIpc) is 3.14. The minimum absolute atomic E-state index is 0.701. The summed E-state index contributed by atoms with van der Waals surface area (Å²) in [6.07, 6.45) is 19.5. The standard InChI is InChI=1S/C24H40O/c1-3-5-6-8-20-11-15-22(16-12-20)24-18-17-23(25-24)21-13-9-19(7-4-2)10-14-21/h17-22H,3-16H2,1-2H3. The molecule has 0 aliphatic heterocycles. The van der Waals surface area contributed by atoms with Gasteiger partial charge in [0.1, 0.15) is 11.5 Å².